The molecule has 0 atom stereocenters. The second-order valence-electron chi connectivity index (χ2n) is 5.52. The van der Waals surface area contributed by atoms with Gasteiger partial charge in [-0.1, -0.05) is 49.8 Å². The van der Waals surface area contributed by atoms with E-state index in [-0.39, 0.29) is 18.4 Å². The quantitative estimate of drug-likeness (QED) is 0.888. The first kappa shape index (κ1) is 15.3. The molecule has 0 bridgehead atoms. The van der Waals surface area contributed by atoms with Crippen LogP contribution in [0.2, 0.25) is 5.02 Å². The van der Waals surface area contributed by atoms with Crippen molar-refractivity contribution in [2.45, 2.75) is 57.4 Å². The molecule has 4 heteroatoms. The number of carbonyl (C=O) groups is 1. The second-order valence-corrected chi connectivity index (χ2v) is 5.96. The molecule has 1 aliphatic rings. The normalized spacial score (nSPS) is 17.3. The summed E-state index contributed by atoms with van der Waals surface area (Å²) in [7, 11) is 0. The van der Waals surface area contributed by atoms with E-state index in [4.69, 9.17) is 11.6 Å². The zero-order chi connectivity index (χ0) is 14.4. The summed E-state index contributed by atoms with van der Waals surface area (Å²) in [6.45, 7) is 0. The smallest absolute Gasteiger partial charge is 0.224 e. The highest BCUT2D eigenvalue weighted by atomic mass is 35.5. The summed E-state index contributed by atoms with van der Waals surface area (Å²) in [5, 5.41) is 3.39. The van der Waals surface area contributed by atoms with Gasteiger partial charge in [0.1, 0.15) is 5.82 Å². The van der Waals surface area contributed by atoms with E-state index < -0.39 is 5.82 Å². The van der Waals surface area contributed by atoms with E-state index in [1.165, 1.54) is 38.2 Å². The monoisotopic (exact) mass is 297 g/mol. The van der Waals surface area contributed by atoms with Crippen LogP contribution in [0.25, 0.3) is 0 Å². The highest BCUT2D eigenvalue weighted by molar-refractivity contribution is 6.30. The fraction of sp³-hybridized carbons (Fsp3) is 0.562. The van der Waals surface area contributed by atoms with Crippen molar-refractivity contribution < 1.29 is 9.18 Å². The summed E-state index contributed by atoms with van der Waals surface area (Å²) in [4.78, 5) is 12.0. The Hall–Kier alpha value is -1.09. The summed E-state index contributed by atoms with van der Waals surface area (Å²) in [6.07, 6.45) is 8.29. The summed E-state index contributed by atoms with van der Waals surface area (Å²) in [6, 6.07) is 4.69. The zero-order valence-electron chi connectivity index (χ0n) is 11.6. The van der Waals surface area contributed by atoms with Gasteiger partial charge in [0.15, 0.2) is 0 Å². The summed E-state index contributed by atoms with van der Waals surface area (Å²) >= 11 is 5.70. The number of hydrogen-bond acceptors (Lipinski definition) is 1. The van der Waals surface area contributed by atoms with Crippen molar-refractivity contribution in [3.8, 4) is 0 Å². The Labute approximate surface area is 124 Å². The molecule has 1 N–H and O–H groups in total. The van der Waals surface area contributed by atoms with Gasteiger partial charge in [0.25, 0.3) is 0 Å². The van der Waals surface area contributed by atoms with Crippen LogP contribution in [0.4, 0.5) is 4.39 Å². The fourth-order valence-electron chi connectivity index (χ4n) is 2.72. The lowest BCUT2D eigenvalue weighted by Crippen LogP contribution is -2.36. The molecule has 2 nitrogen and oxygen atoms in total. The highest BCUT2D eigenvalue weighted by Crippen LogP contribution is 2.18. The molecule has 0 saturated heterocycles. The number of benzene rings is 1. The van der Waals surface area contributed by atoms with Crippen LogP contribution in [0, 0.1) is 5.82 Å². The van der Waals surface area contributed by atoms with Gasteiger partial charge in [0.05, 0.1) is 6.42 Å². The third-order valence-electron chi connectivity index (χ3n) is 3.84. The molecule has 0 radical (unpaired) electrons. The number of amides is 1. The molecular weight excluding hydrogens is 277 g/mol. The van der Waals surface area contributed by atoms with Crippen LogP contribution in [-0.2, 0) is 11.2 Å². The molecule has 1 aromatic carbocycles. The summed E-state index contributed by atoms with van der Waals surface area (Å²) in [5.41, 5.74) is 0.401. The minimum absolute atomic E-state index is 0.0828. The van der Waals surface area contributed by atoms with Crippen molar-refractivity contribution in [3.63, 3.8) is 0 Å². The van der Waals surface area contributed by atoms with Crippen LogP contribution < -0.4 is 5.32 Å². The molecule has 0 aliphatic heterocycles. The van der Waals surface area contributed by atoms with Gasteiger partial charge in [-0.3, -0.25) is 4.79 Å². The Morgan fingerprint density at radius 3 is 2.50 bits per heavy atom. The Bertz CT molecular complexity index is 456. The van der Waals surface area contributed by atoms with E-state index in [2.05, 4.69) is 5.32 Å². The highest BCUT2D eigenvalue weighted by Gasteiger charge is 2.15. The van der Waals surface area contributed by atoms with Gasteiger partial charge in [-0.15, -0.1) is 0 Å². The zero-order valence-corrected chi connectivity index (χ0v) is 12.4. The largest absolute Gasteiger partial charge is 0.353 e. The lowest BCUT2D eigenvalue weighted by molar-refractivity contribution is -0.121. The molecule has 1 amide bonds. The van der Waals surface area contributed by atoms with Gasteiger partial charge in [0, 0.05) is 11.1 Å². The average molecular weight is 298 g/mol. The molecule has 20 heavy (non-hydrogen) atoms. The van der Waals surface area contributed by atoms with Gasteiger partial charge in [0.2, 0.25) is 5.91 Å². The van der Waals surface area contributed by atoms with Crippen LogP contribution in [0.5, 0.6) is 0 Å². The topological polar surface area (TPSA) is 29.1 Å². The first-order chi connectivity index (χ1) is 9.65. The third-order valence-corrected chi connectivity index (χ3v) is 4.07. The Kier molecular flexibility index (Phi) is 5.84. The predicted molar refractivity (Wildman–Crippen MR) is 79.4 cm³/mol. The minimum atomic E-state index is -0.412. The molecule has 2 rings (SSSR count). The molecule has 0 heterocycles. The summed E-state index contributed by atoms with van der Waals surface area (Å²) < 4.78 is 13.6. The van der Waals surface area contributed by atoms with Crippen molar-refractivity contribution in [1.29, 1.82) is 0 Å². The van der Waals surface area contributed by atoms with Crippen LogP contribution in [0.1, 0.15) is 50.5 Å². The van der Waals surface area contributed by atoms with Crippen molar-refractivity contribution in [2.75, 3.05) is 0 Å². The molecule has 1 fully saturated rings. The van der Waals surface area contributed by atoms with Gasteiger partial charge in [-0.25, -0.2) is 4.39 Å². The van der Waals surface area contributed by atoms with Gasteiger partial charge in [-0.05, 0) is 30.5 Å². The predicted octanol–water partition coefficient (Wildman–Crippen LogP) is 4.25. The first-order valence-electron chi connectivity index (χ1n) is 7.38. The molecule has 0 aromatic heterocycles. The van der Waals surface area contributed by atoms with Crippen molar-refractivity contribution in [1.82, 2.24) is 5.32 Å². The van der Waals surface area contributed by atoms with Crippen molar-refractivity contribution >= 4 is 17.5 Å². The standard InChI is InChI=1S/C16H21ClFNO/c17-13-9-8-12(15(18)11-13)10-16(20)19-14-6-4-2-1-3-5-7-14/h8-9,11,14H,1-7,10H2,(H,19,20). The lowest BCUT2D eigenvalue weighted by atomic mass is 9.96. The first-order valence-corrected chi connectivity index (χ1v) is 7.76. The van der Waals surface area contributed by atoms with Gasteiger partial charge >= 0.3 is 0 Å². The molecular formula is C16H21ClFNO. The molecule has 1 aliphatic carbocycles. The molecule has 110 valence electrons. The average Bonchev–Trinajstić information content (AvgIpc) is 2.36. The Balaban J connectivity index is 1.87. The van der Waals surface area contributed by atoms with Crippen LogP contribution in [0.3, 0.4) is 0 Å². The number of nitrogens with one attached hydrogen (secondary N) is 1. The number of halogens is 2. The van der Waals surface area contributed by atoms with Crippen molar-refractivity contribution in [3.05, 3.63) is 34.6 Å². The molecule has 1 aromatic rings. The maximum atomic E-state index is 13.6. The van der Waals surface area contributed by atoms with E-state index in [0.717, 1.165) is 12.8 Å². The van der Waals surface area contributed by atoms with Crippen LogP contribution in [0.15, 0.2) is 18.2 Å². The molecule has 0 spiro atoms. The summed E-state index contributed by atoms with van der Waals surface area (Å²) in [5.74, 6) is -0.512. The van der Waals surface area contributed by atoms with Crippen LogP contribution >= 0.6 is 11.6 Å². The van der Waals surface area contributed by atoms with E-state index in [1.807, 2.05) is 0 Å². The lowest BCUT2D eigenvalue weighted by Gasteiger charge is -2.21. The van der Waals surface area contributed by atoms with Gasteiger partial charge < -0.3 is 5.32 Å². The third kappa shape index (κ3) is 4.78. The maximum absolute atomic E-state index is 13.6. The maximum Gasteiger partial charge on any atom is 0.224 e. The van der Waals surface area contributed by atoms with E-state index >= 15 is 0 Å². The molecule has 1 saturated carbocycles. The number of rotatable bonds is 3. The number of carbonyl (C=O) groups excluding carboxylic acids is 1. The van der Waals surface area contributed by atoms with Crippen LogP contribution in [-0.4, -0.2) is 11.9 Å². The SMILES string of the molecule is O=C(Cc1ccc(Cl)cc1F)NC1CCCCCCC1. The fourth-order valence-corrected chi connectivity index (χ4v) is 2.88. The Morgan fingerprint density at radius 2 is 1.85 bits per heavy atom. The van der Waals surface area contributed by atoms with Crippen molar-refractivity contribution in [2.24, 2.45) is 0 Å². The number of hydrogen-bond donors (Lipinski definition) is 1. The van der Waals surface area contributed by atoms with E-state index in [0.29, 0.717) is 10.6 Å². The second kappa shape index (κ2) is 7.63. The van der Waals surface area contributed by atoms with Gasteiger partial charge in [-0.2, -0.15) is 0 Å². The van der Waals surface area contributed by atoms with E-state index in [9.17, 15) is 9.18 Å². The molecule has 0 unspecified atom stereocenters. The Morgan fingerprint density at radius 1 is 1.20 bits per heavy atom. The van der Waals surface area contributed by atoms with E-state index in [1.54, 1.807) is 12.1 Å². The minimum Gasteiger partial charge on any atom is -0.353 e.